The van der Waals surface area contributed by atoms with Gasteiger partial charge in [0.25, 0.3) is 0 Å². The second-order valence-corrected chi connectivity index (χ2v) is 7.71. The van der Waals surface area contributed by atoms with Crippen LogP contribution in [0.2, 0.25) is 0 Å². The summed E-state index contributed by atoms with van der Waals surface area (Å²) in [6, 6.07) is 12.8. The van der Waals surface area contributed by atoms with Crippen LogP contribution < -0.4 is 0 Å². The van der Waals surface area contributed by atoms with Gasteiger partial charge in [-0.1, -0.05) is 36.4 Å². The van der Waals surface area contributed by atoms with Gasteiger partial charge in [-0.25, -0.2) is 4.39 Å². The van der Waals surface area contributed by atoms with Gasteiger partial charge in [-0.3, -0.25) is 0 Å². The summed E-state index contributed by atoms with van der Waals surface area (Å²) in [4.78, 5) is 2.16. The molecule has 0 radical (unpaired) electrons. The van der Waals surface area contributed by atoms with Crippen molar-refractivity contribution in [3.05, 3.63) is 70.5 Å². The average molecular weight is 355 g/mol. The number of hydrogen-bond donors (Lipinski definition) is 2. The molecule has 0 spiro atoms. The molecule has 2 aromatic carbocycles. The van der Waals surface area contributed by atoms with Crippen LogP contribution in [0.15, 0.2) is 42.5 Å². The molecule has 4 heteroatoms. The molecule has 26 heavy (non-hydrogen) atoms. The second kappa shape index (κ2) is 7.10. The smallest absolute Gasteiger partial charge is 0.129 e. The highest BCUT2D eigenvalue weighted by molar-refractivity contribution is 5.36. The Morgan fingerprint density at radius 3 is 2.54 bits per heavy atom. The number of nitrogens with zero attached hydrogens (tertiary/aromatic N) is 1. The van der Waals surface area contributed by atoms with Crippen molar-refractivity contribution in [3.8, 4) is 0 Å². The number of halogens is 1. The molecule has 0 saturated carbocycles. The lowest BCUT2D eigenvalue weighted by atomic mass is 9.84. The van der Waals surface area contributed by atoms with Crippen LogP contribution >= 0.6 is 0 Å². The number of hydrogen-bond acceptors (Lipinski definition) is 3. The molecule has 0 bridgehead atoms. The molecule has 0 aromatic heterocycles. The first-order valence-corrected chi connectivity index (χ1v) is 9.55. The first-order chi connectivity index (χ1) is 12.5. The van der Waals surface area contributed by atoms with Gasteiger partial charge in [0.1, 0.15) is 5.82 Å². The first-order valence-electron chi connectivity index (χ1n) is 9.55. The standard InChI is InChI=1S/C22H26FNO2/c23-20-7-2-1-6-19(20)22(26)10-12-24(13-11-22)15-21(25)18-9-8-16-4-3-5-17(16)14-18/h1-2,6-9,14,21,25-26H,3-5,10-13,15H2. The van der Waals surface area contributed by atoms with E-state index in [0.29, 0.717) is 38.0 Å². The molecule has 1 unspecified atom stereocenters. The van der Waals surface area contributed by atoms with Crippen LogP contribution in [0, 0.1) is 5.82 Å². The molecular weight excluding hydrogens is 329 g/mol. The van der Waals surface area contributed by atoms with E-state index in [4.69, 9.17) is 0 Å². The van der Waals surface area contributed by atoms with Crippen LogP contribution in [-0.2, 0) is 18.4 Å². The lowest BCUT2D eigenvalue weighted by molar-refractivity contribution is -0.0367. The van der Waals surface area contributed by atoms with E-state index in [0.717, 1.165) is 18.4 Å². The zero-order valence-corrected chi connectivity index (χ0v) is 15.0. The summed E-state index contributed by atoms with van der Waals surface area (Å²) in [6.07, 6.45) is 3.88. The number of fused-ring (bicyclic) bond motifs is 1. The SMILES string of the molecule is OC(CN1CCC(O)(c2ccccc2F)CC1)c1ccc2c(c1)CCC2. The molecule has 1 heterocycles. The second-order valence-electron chi connectivity index (χ2n) is 7.71. The van der Waals surface area contributed by atoms with Gasteiger partial charge in [0, 0.05) is 25.2 Å². The topological polar surface area (TPSA) is 43.7 Å². The maximum atomic E-state index is 14.0. The molecule has 1 atom stereocenters. The number of piperidine rings is 1. The Hall–Kier alpha value is -1.75. The Kier molecular flexibility index (Phi) is 4.82. The summed E-state index contributed by atoms with van der Waals surface area (Å²) in [5, 5.41) is 21.5. The van der Waals surface area contributed by atoms with Crippen LogP contribution in [0.5, 0.6) is 0 Å². The summed E-state index contributed by atoms with van der Waals surface area (Å²) in [5.41, 5.74) is 3.03. The van der Waals surface area contributed by atoms with Gasteiger partial charge in [-0.05, 0) is 54.9 Å². The molecule has 2 aromatic rings. The first kappa shape index (κ1) is 17.7. The van der Waals surface area contributed by atoms with Crippen LogP contribution in [0.1, 0.15) is 47.6 Å². The molecule has 1 saturated heterocycles. The van der Waals surface area contributed by atoms with E-state index in [2.05, 4.69) is 17.0 Å². The molecule has 1 fully saturated rings. The van der Waals surface area contributed by atoms with Gasteiger partial charge in [0.2, 0.25) is 0 Å². The fourth-order valence-corrected chi connectivity index (χ4v) is 4.36. The van der Waals surface area contributed by atoms with Crippen LogP contribution in [0.25, 0.3) is 0 Å². The monoisotopic (exact) mass is 355 g/mol. The third-order valence-electron chi connectivity index (χ3n) is 6.00. The zero-order chi connectivity index (χ0) is 18.1. The molecule has 4 rings (SSSR count). The minimum atomic E-state index is -1.11. The van der Waals surface area contributed by atoms with E-state index >= 15 is 0 Å². The van der Waals surface area contributed by atoms with Crippen LogP contribution in [0.4, 0.5) is 4.39 Å². The van der Waals surface area contributed by atoms with Crippen molar-refractivity contribution in [3.63, 3.8) is 0 Å². The number of aryl methyl sites for hydroxylation is 2. The van der Waals surface area contributed by atoms with Crippen molar-refractivity contribution >= 4 is 0 Å². The highest BCUT2D eigenvalue weighted by Gasteiger charge is 2.36. The number of aliphatic hydroxyl groups excluding tert-OH is 1. The van der Waals surface area contributed by atoms with E-state index in [1.54, 1.807) is 18.2 Å². The summed E-state index contributed by atoms with van der Waals surface area (Å²) in [5.74, 6) is -0.346. The number of rotatable bonds is 4. The van der Waals surface area contributed by atoms with Crippen LogP contribution in [0.3, 0.4) is 0 Å². The highest BCUT2D eigenvalue weighted by Crippen LogP contribution is 2.35. The van der Waals surface area contributed by atoms with Gasteiger partial charge in [0.05, 0.1) is 11.7 Å². The van der Waals surface area contributed by atoms with Crippen molar-refractivity contribution in [2.75, 3.05) is 19.6 Å². The number of benzene rings is 2. The summed E-state index contributed by atoms with van der Waals surface area (Å²) >= 11 is 0. The summed E-state index contributed by atoms with van der Waals surface area (Å²) in [7, 11) is 0. The normalized spacial score (nSPS) is 20.7. The summed E-state index contributed by atoms with van der Waals surface area (Å²) < 4.78 is 14.0. The van der Waals surface area contributed by atoms with Gasteiger partial charge in [-0.2, -0.15) is 0 Å². The highest BCUT2D eigenvalue weighted by atomic mass is 19.1. The Morgan fingerprint density at radius 1 is 1.04 bits per heavy atom. The van der Waals surface area contributed by atoms with E-state index in [-0.39, 0.29) is 5.82 Å². The minimum absolute atomic E-state index is 0.346. The molecule has 2 N–H and O–H groups in total. The molecule has 3 nitrogen and oxygen atoms in total. The van der Waals surface area contributed by atoms with E-state index in [1.807, 2.05) is 6.07 Å². The molecule has 138 valence electrons. The molecular formula is C22H26FNO2. The number of likely N-dealkylation sites (tertiary alicyclic amines) is 1. The van der Waals surface area contributed by atoms with Crippen LogP contribution in [-0.4, -0.2) is 34.7 Å². The molecule has 1 aliphatic heterocycles. The van der Waals surface area contributed by atoms with Crippen molar-refractivity contribution in [1.82, 2.24) is 4.90 Å². The Bertz CT molecular complexity index is 783. The maximum absolute atomic E-state index is 14.0. The average Bonchev–Trinajstić information content (AvgIpc) is 3.12. The lowest BCUT2D eigenvalue weighted by Gasteiger charge is -2.39. The predicted molar refractivity (Wildman–Crippen MR) is 99.4 cm³/mol. The Morgan fingerprint density at radius 2 is 1.77 bits per heavy atom. The van der Waals surface area contributed by atoms with Crippen molar-refractivity contribution in [2.45, 2.75) is 43.8 Å². The fraction of sp³-hybridized carbons (Fsp3) is 0.455. The van der Waals surface area contributed by atoms with Crippen molar-refractivity contribution in [2.24, 2.45) is 0 Å². The van der Waals surface area contributed by atoms with Gasteiger partial charge >= 0.3 is 0 Å². The quantitative estimate of drug-likeness (QED) is 0.884. The Labute approximate surface area is 154 Å². The largest absolute Gasteiger partial charge is 0.387 e. The third kappa shape index (κ3) is 3.41. The number of β-amino-alcohol motifs (C(OH)–C–C–N with tert-alkyl or cyclic N) is 1. The zero-order valence-electron chi connectivity index (χ0n) is 15.0. The minimum Gasteiger partial charge on any atom is -0.387 e. The maximum Gasteiger partial charge on any atom is 0.129 e. The van der Waals surface area contributed by atoms with Gasteiger partial charge < -0.3 is 15.1 Å². The fourth-order valence-electron chi connectivity index (χ4n) is 4.36. The number of aliphatic hydroxyl groups is 2. The third-order valence-corrected chi connectivity index (χ3v) is 6.00. The van der Waals surface area contributed by atoms with Gasteiger partial charge in [-0.15, -0.1) is 0 Å². The molecule has 1 aliphatic carbocycles. The summed E-state index contributed by atoms with van der Waals surface area (Å²) in [6.45, 7) is 1.84. The predicted octanol–water partition coefficient (Wildman–Crippen LogP) is 3.33. The van der Waals surface area contributed by atoms with Gasteiger partial charge in [0.15, 0.2) is 0 Å². The van der Waals surface area contributed by atoms with E-state index in [1.165, 1.54) is 23.6 Å². The lowest BCUT2D eigenvalue weighted by Crippen LogP contribution is -2.44. The Balaban J connectivity index is 1.38. The molecule has 0 amide bonds. The molecule has 2 aliphatic rings. The van der Waals surface area contributed by atoms with Crippen molar-refractivity contribution < 1.29 is 14.6 Å². The van der Waals surface area contributed by atoms with E-state index < -0.39 is 11.7 Å². The van der Waals surface area contributed by atoms with Crippen molar-refractivity contribution in [1.29, 1.82) is 0 Å². The van der Waals surface area contributed by atoms with E-state index in [9.17, 15) is 14.6 Å².